The number of pyridine rings is 1. The number of fused-ring (bicyclic) bond motifs is 1. The van der Waals surface area contributed by atoms with Gasteiger partial charge in [-0.05, 0) is 98.3 Å². The zero-order chi connectivity index (χ0) is 29.6. The molecule has 0 N–H and O–H groups in total. The molecule has 0 aliphatic heterocycles. The second kappa shape index (κ2) is 10.6. The van der Waals surface area contributed by atoms with Gasteiger partial charge in [-0.25, -0.2) is 4.79 Å². The smallest absolute Gasteiger partial charge is 0.338 e. The van der Waals surface area contributed by atoms with Crippen molar-refractivity contribution in [1.82, 2.24) is 20.2 Å². The number of ketones is 1. The van der Waals surface area contributed by atoms with E-state index >= 15 is 0 Å². The van der Waals surface area contributed by atoms with Crippen LogP contribution in [0.2, 0.25) is 5.02 Å². The number of rotatable bonds is 8. The summed E-state index contributed by atoms with van der Waals surface area (Å²) in [6, 6.07) is 14.3. The summed E-state index contributed by atoms with van der Waals surface area (Å²) < 4.78 is 7.89. The van der Waals surface area contributed by atoms with Gasteiger partial charge in [-0.2, -0.15) is 9.41 Å². The van der Waals surface area contributed by atoms with Crippen molar-refractivity contribution in [1.29, 1.82) is 0 Å². The van der Waals surface area contributed by atoms with Crippen LogP contribution in [-0.2, 0) is 27.8 Å². The van der Waals surface area contributed by atoms with Gasteiger partial charge in [-0.3, -0.25) is 4.79 Å². The van der Waals surface area contributed by atoms with Crippen molar-refractivity contribution in [3.63, 3.8) is 0 Å². The number of aromatic nitrogens is 5. The van der Waals surface area contributed by atoms with Gasteiger partial charge >= 0.3 is 5.97 Å². The van der Waals surface area contributed by atoms with Crippen LogP contribution in [0.15, 0.2) is 61.1 Å². The summed E-state index contributed by atoms with van der Waals surface area (Å²) in [4.78, 5) is 26.6. The molecule has 1 atom stereocenters. The number of tetrazole rings is 1. The molecular formula is C32H32ClN5O4. The van der Waals surface area contributed by atoms with Gasteiger partial charge in [-0.1, -0.05) is 36.6 Å². The molecular weight excluding hydrogens is 554 g/mol. The molecule has 0 spiro atoms. The van der Waals surface area contributed by atoms with Crippen LogP contribution < -0.4 is 4.73 Å². The number of nitrogens with zero attached hydrogens (tertiary/aromatic N) is 5. The maximum absolute atomic E-state index is 14.1. The van der Waals surface area contributed by atoms with Gasteiger partial charge < -0.3 is 9.94 Å². The number of Topliss-reactive ketones (excluding diaryl/α,β-unsaturated/α-hetero) is 1. The molecule has 42 heavy (non-hydrogen) atoms. The fourth-order valence-electron chi connectivity index (χ4n) is 6.01. The summed E-state index contributed by atoms with van der Waals surface area (Å²) in [7, 11) is 0. The van der Waals surface area contributed by atoms with Crippen LogP contribution in [0.25, 0.3) is 16.8 Å². The van der Waals surface area contributed by atoms with E-state index in [0.29, 0.717) is 52.7 Å². The maximum atomic E-state index is 14.1. The minimum Gasteiger partial charge on any atom is -0.618 e. The molecule has 0 saturated heterocycles. The first-order chi connectivity index (χ1) is 20.0. The molecule has 2 aromatic carbocycles. The highest BCUT2D eigenvalue weighted by atomic mass is 35.5. The van der Waals surface area contributed by atoms with E-state index in [1.54, 1.807) is 36.4 Å². The molecule has 4 aromatic rings. The standard InChI is InChI=1S/C32H32ClN5O4/c1-31(2,3)42-30(40)22-8-6-20(7-9-22)14-28(39)32(17-21-4-5-21)13-12-23-15-24(18-38(41)29(23)32)26-16-25(33)10-11-27(26)37-19-34-35-36-37/h6-11,15-16,18-19,21H,4-5,12-14,17H2,1-3H3. The van der Waals surface area contributed by atoms with Crippen molar-refractivity contribution in [2.75, 3.05) is 0 Å². The molecule has 2 aliphatic carbocycles. The highest BCUT2D eigenvalue weighted by Gasteiger charge is 2.53. The van der Waals surface area contributed by atoms with Crippen molar-refractivity contribution in [2.45, 2.75) is 70.3 Å². The topological polar surface area (TPSA) is 114 Å². The van der Waals surface area contributed by atoms with Gasteiger partial charge in [0, 0.05) is 28.1 Å². The monoisotopic (exact) mass is 585 g/mol. The Balaban J connectivity index is 1.32. The van der Waals surface area contributed by atoms with Crippen molar-refractivity contribution < 1.29 is 19.1 Å². The second-order valence-electron chi connectivity index (χ2n) is 12.4. The van der Waals surface area contributed by atoms with Crippen molar-refractivity contribution >= 4 is 23.4 Å². The lowest BCUT2D eigenvalue weighted by molar-refractivity contribution is -0.616. The fraction of sp³-hybridized carbons (Fsp3) is 0.375. The molecule has 9 nitrogen and oxygen atoms in total. The zero-order valence-corrected chi connectivity index (χ0v) is 24.6. The Hall–Kier alpha value is -4.11. The van der Waals surface area contributed by atoms with Gasteiger partial charge in [0.2, 0.25) is 5.69 Å². The number of hydrogen-bond acceptors (Lipinski definition) is 7. The van der Waals surface area contributed by atoms with Crippen LogP contribution in [0, 0.1) is 11.1 Å². The minimum atomic E-state index is -0.854. The lowest BCUT2D eigenvalue weighted by Gasteiger charge is -2.27. The maximum Gasteiger partial charge on any atom is 0.338 e. The molecule has 0 amide bonds. The third-order valence-electron chi connectivity index (χ3n) is 8.07. The van der Waals surface area contributed by atoms with Crippen LogP contribution >= 0.6 is 11.6 Å². The predicted molar refractivity (Wildman–Crippen MR) is 156 cm³/mol. The molecule has 1 fully saturated rings. The molecule has 216 valence electrons. The SMILES string of the molecule is CC(C)(C)OC(=O)c1ccc(CC(=O)C2(CC3CC3)CCc3cc(-c4cc(Cl)ccc4-n4cnnn4)c[n+]([O-])c32)cc1. The number of hydrogen-bond donors (Lipinski definition) is 0. The summed E-state index contributed by atoms with van der Waals surface area (Å²) in [5, 5.41) is 25.8. The third-order valence-corrected chi connectivity index (χ3v) is 8.31. The van der Waals surface area contributed by atoms with Crippen LogP contribution in [0.1, 0.15) is 73.6 Å². The predicted octanol–water partition coefficient (Wildman–Crippen LogP) is 5.37. The summed E-state index contributed by atoms with van der Waals surface area (Å²) in [6.07, 6.45) is 7.24. The highest BCUT2D eigenvalue weighted by molar-refractivity contribution is 6.31. The molecule has 1 saturated carbocycles. The fourth-order valence-corrected chi connectivity index (χ4v) is 6.18. The van der Waals surface area contributed by atoms with E-state index in [-0.39, 0.29) is 12.2 Å². The van der Waals surface area contributed by atoms with E-state index in [0.717, 1.165) is 34.3 Å². The first-order valence-corrected chi connectivity index (χ1v) is 14.6. The van der Waals surface area contributed by atoms with Crippen LogP contribution in [0.4, 0.5) is 0 Å². The first-order valence-electron chi connectivity index (χ1n) is 14.2. The number of esters is 1. The minimum absolute atomic E-state index is 0.0349. The summed E-state index contributed by atoms with van der Waals surface area (Å²) in [5.74, 6) is 0.0718. The molecule has 0 radical (unpaired) electrons. The largest absolute Gasteiger partial charge is 0.618 e. The Kier molecular flexibility index (Phi) is 7.09. The van der Waals surface area contributed by atoms with E-state index in [1.165, 1.54) is 17.2 Å². The number of halogens is 1. The Labute approximate surface area is 249 Å². The van der Waals surface area contributed by atoms with E-state index in [9.17, 15) is 14.8 Å². The van der Waals surface area contributed by atoms with Gasteiger partial charge in [0.05, 0.1) is 11.3 Å². The lowest BCUT2D eigenvalue weighted by Crippen LogP contribution is -2.46. The normalized spacial score (nSPS) is 18.1. The molecule has 2 heterocycles. The molecule has 1 unspecified atom stereocenters. The van der Waals surface area contributed by atoms with Gasteiger partial charge in [0.1, 0.15) is 17.3 Å². The number of benzene rings is 2. The van der Waals surface area contributed by atoms with Gasteiger partial charge in [0.15, 0.2) is 12.0 Å². The third kappa shape index (κ3) is 5.53. The van der Waals surface area contributed by atoms with E-state index in [2.05, 4.69) is 15.5 Å². The number of carbonyl (C=O) groups excluding carboxylic acids is 2. The van der Waals surface area contributed by atoms with E-state index in [1.807, 2.05) is 32.9 Å². The van der Waals surface area contributed by atoms with Crippen LogP contribution in [0.3, 0.4) is 0 Å². The quantitative estimate of drug-likeness (QED) is 0.155. The second-order valence-corrected chi connectivity index (χ2v) is 12.8. The zero-order valence-electron chi connectivity index (χ0n) is 23.8. The number of aryl methyl sites for hydroxylation is 1. The number of ether oxygens (including phenoxy) is 1. The summed E-state index contributed by atoms with van der Waals surface area (Å²) >= 11 is 6.35. The van der Waals surface area contributed by atoms with E-state index in [4.69, 9.17) is 16.3 Å². The Morgan fingerprint density at radius 3 is 2.57 bits per heavy atom. The summed E-state index contributed by atoms with van der Waals surface area (Å²) in [6.45, 7) is 5.47. The van der Waals surface area contributed by atoms with Gasteiger partial charge in [0.25, 0.3) is 0 Å². The number of carbonyl (C=O) groups is 2. The van der Waals surface area contributed by atoms with Crippen LogP contribution in [0.5, 0.6) is 0 Å². The molecule has 0 bridgehead atoms. The highest BCUT2D eigenvalue weighted by Crippen LogP contribution is 2.49. The first kappa shape index (κ1) is 28.0. The Morgan fingerprint density at radius 2 is 1.90 bits per heavy atom. The molecule has 2 aliphatic rings. The van der Waals surface area contributed by atoms with E-state index < -0.39 is 17.0 Å². The Bertz CT molecular complexity index is 1660. The lowest BCUT2D eigenvalue weighted by atomic mass is 9.74. The average molecular weight is 586 g/mol. The van der Waals surface area contributed by atoms with Crippen molar-refractivity contribution in [2.24, 2.45) is 5.92 Å². The average Bonchev–Trinajstić information content (AvgIpc) is 3.42. The molecule has 10 heteroatoms. The van der Waals surface area contributed by atoms with Crippen LogP contribution in [-0.4, -0.2) is 37.6 Å². The van der Waals surface area contributed by atoms with Crippen molar-refractivity contribution in [3.8, 4) is 16.8 Å². The summed E-state index contributed by atoms with van der Waals surface area (Å²) in [5.41, 5.74) is 3.32. The Morgan fingerprint density at radius 1 is 1.14 bits per heavy atom. The van der Waals surface area contributed by atoms with Gasteiger partial charge in [-0.15, -0.1) is 5.10 Å². The van der Waals surface area contributed by atoms with Crippen molar-refractivity contribution in [3.05, 3.63) is 93.7 Å². The molecule has 2 aromatic heterocycles. The molecule has 6 rings (SSSR count).